The molecule has 3 nitrogen and oxygen atoms in total. The molecule has 0 aliphatic rings. The fourth-order valence-electron chi connectivity index (χ4n) is 2.97. The van der Waals surface area contributed by atoms with Gasteiger partial charge in [-0.1, -0.05) is 49.5 Å². The van der Waals surface area contributed by atoms with E-state index in [4.69, 9.17) is 12.2 Å². The van der Waals surface area contributed by atoms with E-state index in [9.17, 15) is 0 Å². The van der Waals surface area contributed by atoms with E-state index in [2.05, 4.69) is 58.8 Å². The molecule has 0 aliphatic carbocycles. The average Bonchev–Trinajstić information content (AvgIpc) is 2.88. The van der Waals surface area contributed by atoms with E-state index in [1.807, 2.05) is 12.1 Å². The smallest absolute Gasteiger partial charge is 0.0769 e. The first kappa shape index (κ1) is 15.3. The number of aryl methyl sites for hydroxylation is 1. The molecule has 0 saturated carbocycles. The number of rotatable bonds is 6. The van der Waals surface area contributed by atoms with Crippen molar-refractivity contribution in [3.63, 3.8) is 0 Å². The topological polar surface area (TPSA) is 20.2 Å². The standard InChI is InChI=1S/C17H19N3S2/c1-3-11-20-15-9-5-4-7-13(15)14-8-6-10-16(17(14)20)19(2)18-22-12-21/h4-10,12,18H,3,11H2,1-2H3. The molecule has 0 unspecified atom stereocenters. The molecule has 0 saturated heterocycles. The van der Waals surface area contributed by atoms with E-state index in [0.717, 1.165) is 18.7 Å². The Morgan fingerprint density at radius 1 is 1.18 bits per heavy atom. The average molecular weight is 329 g/mol. The first-order chi connectivity index (χ1) is 10.8. The van der Waals surface area contributed by atoms with Crippen LogP contribution in [0, 0.1) is 0 Å². The third-order valence-electron chi connectivity index (χ3n) is 3.82. The fraction of sp³-hybridized carbons (Fsp3) is 0.235. The fourth-order valence-corrected chi connectivity index (χ4v) is 3.39. The number of hydrogen-bond donors (Lipinski definition) is 1. The molecule has 1 heterocycles. The second kappa shape index (κ2) is 6.69. The van der Waals surface area contributed by atoms with Gasteiger partial charge < -0.3 is 4.57 Å². The normalized spacial score (nSPS) is 11.2. The van der Waals surface area contributed by atoms with Crippen molar-refractivity contribution in [2.45, 2.75) is 19.9 Å². The van der Waals surface area contributed by atoms with Crippen molar-refractivity contribution in [1.82, 2.24) is 9.40 Å². The number of nitrogens with one attached hydrogen (secondary N) is 1. The first-order valence-electron chi connectivity index (χ1n) is 7.36. The Kier molecular flexibility index (Phi) is 4.66. The number of hydrazine groups is 1. The van der Waals surface area contributed by atoms with Crippen molar-refractivity contribution in [3.05, 3.63) is 42.5 Å². The summed E-state index contributed by atoms with van der Waals surface area (Å²) in [4.78, 5) is 3.23. The van der Waals surface area contributed by atoms with E-state index < -0.39 is 0 Å². The number of fused-ring (bicyclic) bond motifs is 3. The van der Waals surface area contributed by atoms with Crippen LogP contribution in [-0.2, 0) is 6.54 Å². The molecule has 0 atom stereocenters. The third-order valence-corrected chi connectivity index (χ3v) is 4.58. The van der Waals surface area contributed by atoms with E-state index in [-0.39, 0.29) is 0 Å². The van der Waals surface area contributed by atoms with E-state index in [1.54, 1.807) is 4.70 Å². The maximum absolute atomic E-state index is 4.88. The molecule has 3 rings (SSSR count). The summed E-state index contributed by atoms with van der Waals surface area (Å²) in [6, 6.07) is 15.1. The van der Waals surface area contributed by atoms with Crippen LogP contribution >= 0.6 is 24.2 Å². The molecular weight excluding hydrogens is 310 g/mol. The van der Waals surface area contributed by atoms with Crippen molar-refractivity contribution in [2.75, 3.05) is 12.1 Å². The lowest BCUT2D eigenvalue weighted by molar-refractivity contribution is 0.722. The highest BCUT2D eigenvalue weighted by molar-refractivity contribution is 8.19. The summed E-state index contributed by atoms with van der Waals surface area (Å²) in [7, 11) is 2.02. The lowest BCUT2D eigenvalue weighted by atomic mass is 10.1. The number of para-hydroxylation sites is 2. The van der Waals surface area contributed by atoms with Gasteiger partial charge in [0, 0.05) is 29.9 Å². The number of aromatic nitrogens is 1. The predicted molar refractivity (Wildman–Crippen MR) is 103 cm³/mol. The monoisotopic (exact) mass is 329 g/mol. The van der Waals surface area contributed by atoms with Crippen LogP contribution in [0.2, 0.25) is 0 Å². The van der Waals surface area contributed by atoms with Crippen LogP contribution in [0.4, 0.5) is 5.69 Å². The molecule has 2 aromatic carbocycles. The molecule has 22 heavy (non-hydrogen) atoms. The van der Waals surface area contributed by atoms with Crippen LogP contribution in [0.5, 0.6) is 0 Å². The van der Waals surface area contributed by atoms with E-state index in [1.165, 1.54) is 33.8 Å². The Hall–Kier alpha value is -1.56. The van der Waals surface area contributed by atoms with Crippen molar-refractivity contribution >= 4 is 56.4 Å². The zero-order chi connectivity index (χ0) is 15.5. The molecule has 1 N–H and O–H groups in total. The number of nitrogens with zero attached hydrogens (tertiary/aromatic N) is 2. The van der Waals surface area contributed by atoms with Gasteiger partial charge in [0.1, 0.15) is 0 Å². The molecule has 0 aliphatic heterocycles. The summed E-state index contributed by atoms with van der Waals surface area (Å²) in [6.45, 7) is 3.22. The highest BCUT2D eigenvalue weighted by Crippen LogP contribution is 2.34. The Bertz CT molecular complexity index is 810. The Morgan fingerprint density at radius 2 is 1.95 bits per heavy atom. The molecule has 3 aromatic rings. The molecular formula is C17H19N3S2. The van der Waals surface area contributed by atoms with Gasteiger partial charge in [0.2, 0.25) is 0 Å². The molecule has 0 bridgehead atoms. The number of hydrogen-bond acceptors (Lipinski definition) is 4. The summed E-state index contributed by atoms with van der Waals surface area (Å²) in [5, 5.41) is 4.63. The Labute approximate surface area is 140 Å². The van der Waals surface area contributed by atoms with Crippen LogP contribution in [-0.4, -0.2) is 16.3 Å². The summed E-state index contributed by atoms with van der Waals surface area (Å²) < 4.78 is 4.04. The van der Waals surface area contributed by atoms with Gasteiger partial charge in [-0.3, -0.25) is 5.01 Å². The van der Waals surface area contributed by atoms with Crippen LogP contribution in [0.15, 0.2) is 42.5 Å². The highest BCUT2D eigenvalue weighted by Gasteiger charge is 2.15. The number of thiocarbonyl (C=S) groups is 1. The Morgan fingerprint density at radius 3 is 2.73 bits per heavy atom. The van der Waals surface area contributed by atoms with Gasteiger partial charge in [-0.2, -0.15) is 4.83 Å². The minimum atomic E-state index is 1.01. The van der Waals surface area contributed by atoms with Crippen molar-refractivity contribution < 1.29 is 0 Å². The number of benzene rings is 2. The van der Waals surface area contributed by atoms with Gasteiger partial charge in [0.25, 0.3) is 0 Å². The summed E-state index contributed by atoms with van der Waals surface area (Å²) >= 11 is 6.28. The van der Waals surface area contributed by atoms with Gasteiger partial charge in [0.05, 0.1) is 15.9 Å². The van der Waals surface area contributed by atoms with Crippen LogP contribution in [0.25, 0.3) is 21.8 Å². The SMILES string of the molecule is CCCn1c2ccccc2c2cccc(N(C)NSC=S)c21. The zero-order valence-electron chi connectivity index (χ0n) is 12.7. The van der Waals surface area contributed by atoms with Crippen LogP contribution in [0.3, 0.4) is 0 Å². The maximum atomic E-state index is 4.88. The number of anilines is 1. The largest absolute Gasteiger partial charge is 0.339 e. The molecule has 0 radical (unpaired) electrons. The molecule has 5 heteroatoms. The minimum Gasteiger partial charge on any atom is -0.339 e. The lowest BCUT2D eigenvalue weighted by Gasteiger charge is -2.20. The first-order valence-corrected chi connectivity index (χ1v) is 8.71. The van der Waals surface area contributed by atoms with Crippen molar-refractivity contribution in [2.24, 2.45) is 0 Å². The van der Waals surface area contributed by atoms with Gasteiger partial charge in [0.15, 0.2) is 0 Å². The maximum Gasteiger partial charge on any atom is 0.0769 e. The van der Waals surface area contributed by atoms with Gasteiger partial charge >= 0.3 is 0 Å². The molecule has 0 spiro atoms. The van der Waals surface area contributed by atoms with E-state index in [0.29, 0.717) is 0 Å². The highest BCUT2D eigenvalue weighted by atomic mass is 32.2. The minimum absolute atomic E-state index is 1.01. The van der Waals surface area contributed by atoms with Crippen LogP contribution in [0.1, 0.15) is 13.3 Å². The van der Waals surface area contributed by atoms with Crippen molar-refractivity contribution in [3.8, 4) is 0 Å². The second-order valence-corrected chi connectivity index (χ2v) is 6.39. The second-order valence-electron chi connectivity index (χ2n) is 5.21. The molecule has 0 amide bonds. The summed E-state index contributed by atoms with van der Waals surface area (Å²) in [5.41, 5.74) is 3.72. The van der Waals surface area contributed by atoms with Crippen molar-refractivity contribution in [1.29, 1.82) is 0 Å². The Balaban J connectivity index is 2.27. The quantitative estimate of drug-likeness (QED) is 0.400. The summed E-state index contributed by atoms with van der Waals surface area (Å²) in [6.07, 6.45) is 1.11. The third kappa shape index (κ3) is 2.60. The van der Waals surface area contributed by atoms with Gasteiger partial charge in [-0.15, -0.1) is 0 Å². The van der Waals surface area contributed by atoms with Crippen LogP contribution < -0.4 is 9.84 Å². The molecule has 0 fully saturated rings. The summed E-state index contributed by atoms with van der Waals surface area (Å²) in [5.74, 6) is 0. The lowest BCUT2D eigenvalue weighted by Crippen LogP contribution is -2.28. The van der Waals surface area contributed by atoms with Gasteiger partial charge in [-0.05, 0) is 30.5 Å². The van der Waals surface area contributed by atoms with E-state index >= 15 is 0 Å². The molecule has 1 aromatic heterocycles. The zero-order valence-corrected chi connectivity index (χ0v) is 14.4. The molecule has 114 valence electrons. The van der Waals surface area contributed by atoms with Gasteiger partial charge in [-0.25, -0.2) is 0 Å². The predicted octanol–water partition coefficient (Wildman–Crippen LogP) is 4.75.